The molecule has 0 aliphatic rings. The molecule has 0 aliphatic carbocycles. The van der Waals surface area contributed by atoms with Gasteiger partial charge < -0.3 is 4.74 Å². The SMILES string of the molecule is CCCCC/C=C\C/C=C\CCCCCCCCC(CCCCCCCC/C=C\C/C=C\CCCCC)OC(=O)N(CCCOS(C)(=O)=O)S(C)(=O)=O. The van der Waals surface area contributed by atoms with E-state index in [1.165, 1.54) is 89.9 Å². The van der Waals surface area contributed by atoms with Gasteiger partial charge in [0.25, 0.3) is 10.1 Å². The predicted octanol–water partition coefficient (Wildman–Crippen LogP) is 12.5. The summed E-state index contributed by atoms with van der Waals surface area (Å²) < 4.78 is 58.6. The van der Waals surface area contributed by atoms with Crippen molar-refractivity contribution in [2.45, 2.75) is 193 Å². The Hall–Kier alpha value is -1.91. The summed E-state index contributed by atoms with van der Waals surface area (Å²) in [6, 6.07) is 0. The smallest absolute Gasteiger partial charge is 0.423 e. The zero-order chi connectivity index (χ0) is 39.3. The van der Waals surface area contributed by atoms with E-state index in [-0.39, 0.29) is 25.7 Å². The first-order valence-corrected chi connectivity index (χ1v) is 24.8. The Morgan fingerprint density at radius 2 is 0.906 bits per heavy atom. The number of allylic oxidation sites excluding steroid dienone is 8. The first kappa shape index (κ1) is 51.1. The lowest BCUT2D eigenvalue weighted by Gasteiger charge is -2.24. The van der Waals surface area contributed by atoms with E-state index >= 15 is 0 Å². The van der Waals surface area contributed by atoms with Gasteiger partial charge in [-0.05, 0) is 96.3 Å². The van der Waals surface area contributed by atoms with Gasteiger partial charge in [0.15, 0.2) is 0 Å². The van der Waals surface area contributed by atoms with E-state index in [0.717, 1.165) is 76.7 Å². The molecule has 0 saturated carbocycles. The highest BCUT2D eigenvalue weighted by Gasteiger charge is 2.27. The van der Waals surface area contributed by atoms with Crippen LogP contribution in [0.4, 0.5) is 4.79 Å². The standard InChI is InChI=1S/C43H79NO7S2/c1-5-7-9-11-13-15-17-19-21-23-25-27-29-31-33-35-38-42(51-43(45)44(52(3,46)47)40-37-41-50-53(4,48)49)39-36-34-32-30-28-26-24-22-20-18-16-14-12-10-8-6-2/h13-16,19-22,42H,5-12,17-18,23-41H2,1-4H3/b15-13-,16-14-,21-19-,22-20-. The Kier molecular flexibility index (Phi) is 34.5. The molecule has 0 radical (unpaired) electrons. The summed E-state index contributed by atoms with van der Waals surface area (Å²) >= 11 is 0. The van der Waals surface area contributed by atoms with Crippen molar-refractivity contribution < 1.29 is 30.6 Å². The number of nitrogens with zero attached hydrogens (tertiary/aromatic N) is 1. The molecule has 0 fully saturated rings. The Bertz CT molecular complexity index is 1140. The molecule has 0 heterocycles. The maximum absolute atomic E-state index is 13.1. The summed E-state index contributed by atoms with van der Waals surface area (Å²) in [5, 5.41) is 0. The van der Waals surface area contributed by atoms with Gasteiger partial charge in [-0.3, -0.25) is 4.18 Å². The molecule has 0 rings (SSSR count). The highest BCUT2D eigenvalue weighted by atomic mass is 32.2. The van der Waals surface area contributed by atoms with Gasteiger partial charge >= 0.3 is 6.09 Å². The first-order valence-electron chi connectivity index (χ1n) is 21.1. The van der Waals surface area contributed by atoms with Gasteiger partial charge in [-0.25, -0.2) is 17.5 Å². The fourth-order valence-electron chi connectivity index (χ4n) is 5.99. The van der Waals surface area contributed by atoms with Crippen LogP contribution in [0, 0.1) is 0 Å². The number of unbranched alkanes of at least 4 members (excludes halogenated alkanes) is 18. The molecule has 0 spiro atoms. The second-order valence-electron chi connectivity index (χ2n) is 14.5. The normalized spacial score (nSPS) is 12.8. The number of rotatable bonds is 37. The molecule has 310 valence electrons. The molecule has 0 atom stereocenters. The van der Waals surface area contributed by atoms with Gasteiger partial charge in [0, 0.05) is 6.54 Å². The van der Waals surface area contributed by atoms with E-state index in [1.807, 2.05) is 0 Å². The molecule has 8 nitrogen and oxygen atoms in total. The largest absolute Gasteiger partial charge is 0.445 e. The minimum atomic E-state index is -3.89. The van der Waals surface area contributed by atoms with Gasteiger partial charge in [0.1, 0.15) is 6.10 Å². The number of sulfonamides is 1. The van der Waals surface area contributed by atoms with Gasteiger partial charge in [0.2, 0.25) is 10.0 Å². The maximum Gasteiger partial charge on any atom is 0.423 e. The topological polar surface area (TPSA) is 107 Å². The van der Waals surface area contributed by atoms with Crippen molar-refractivity contribution in [2.24, 2.45) is 0 Å². The number of hydrogen-bond donors (Lipinski definition) is 0. The van der Waals surface area contributed by atoms with Crippen LogP contribution in [0.5, 0.6) is 0 Å². The molecule has 53 heavy (non-hydrogen) atoms. The molecule has 0 saturated heterocycles. The fraction of sp³-hybridized carbons (Fsp3) is 0.791. The summed E-state index contributed by atoms with van der Waals surface area (Å²) in [6.07, 6.45) is 48.1. The van der Waals surface area contributed by atoms with Crippen LogP contribution in [0.25, 0.3) is 0 Å². The van der Waals surface area contributed by atoms with Crippen LogP contribution in [0.2, 0.25) is 0 Å². The van der Waals surface area contributed by atoms with Crippen LogP contribution in [0.15, 0.2) is 48.6 Å². The molecular weight excluding hydrogens is 707 g/mol. The van der Waals surface area contributed by atoms with Crippen molar-refractivity contribution in [3.8, 4) is 0 Å². The Morgan fingerprint density at radius 3 is 1.28 bits per heavy atom. The molecule has 0 unspecified atom stereocenters. The van der Waals surface area contributed by atoms with Crippen molar-refractivity contribution in [1.82, 2.24) is 4.31 Å². The van der Waals surface area contributed by atoms with Crippen molar-refractivity contribution in [3.05, 3.63) is 48.6 Å². The van der Waals surface area contributed by atoms with Crippen LogP contribution >= 0.6 is 0 Å². The third-order valence-electron chi connectivity index (χ3n) is 9.13. The summed E-state index contributed by atoms with van der Waals surface area (Å²) in [5.74, 6) is 0. The van der Waals surface area contributed by atoms with Crippen LogP contribution in [-0.4, -0.2) is 59.0 Å². The van der Waals surface area contributed by atoms with E-state index in [9.17, 15) is 21.6 Å². The molecule has 1 amide bonds. The van der Waals surface area contributed by atoms with Crippen LogP contribution in [0.3, 0.4) is 0 Å². The minimum Gasteiger partial charge on any atom is -0.445 e. The third kappa shape index (κ3) is 36.8. The van der Waals surface area contributed by atoms with Gasteiger partial charge in [-0.15, -0.1) is 0 Å². The monoisotopic (exact) mass is 786 g/mol. The molecule has 0 aromatic heterocycles. The lowest BCUT2D eigenvalue weighted by Crippen LogP contribution is -2.39. The van der Waals surface area contributed by atoms with Crippen molar-refractivity contribution in [3.63, 3.8) is 0 Å². The van der Waals surface area contributed by atoms with E-state index in [0.29, 0.717) is 17.1 Å². The molecule has 0 aromatic carbocycles. The van der Waals surface area contributed by atoms with Crippen LogP contribution in [0.1, 0.15) is 187 Å². The molecule has 0 aromatic rings. The lowest BCUT2D eigenvalue weighted by atomic mass is 10.0. The number of amides is 1. The number of ether oxygens (including phenoxy) is 1. The van der Waals surface area contributed by atoms with Crippen molar-refractivity contribution >= 4 is 26.2 Å². The number of hydrogen-bond acceptors (Lipinski definition) is 7. The molecule has 0 aliphatic heterocycles. The number of carbonyl (C=O) groups is 1. The zero-order valence-electron chi connectivity index (χ0n) is 34.3. The Balaban J connectivity index is 4.61. The summed E-state index contributed by atoms with van der Waals surface area (Å²) in [4.78, 5) is 13.1. The number of carbonyl (C=O) groups excluding carboxylic acids is 1. The Morgan fingerprint density at radius 1 is 0.528 bits per heavy atom. The first-order chi connectivity index (χ1) is 25.5. The third-order valence-corrected chi connectivity index (χ3v) is 10.9. The van der Waals surface area contributed by atoms with Crippen molar-refractivity contribution in [1.29, 1.82) is 0 Å². The average molecular weight is 786 g/mol. The molecule has 0 bridgehead atoms. The highest BCUT2D eigenvalue weighted by Crippen LogP contribution is 2.19. The van der Waals surface area contributed by atoms with Crippen LogP contribution in [-0.2, 0) is 29.1 Å². The molecule has 10 heteroatoms. The van der Waals surface area contributed by atoms with Gasteiger partial charge in [-0.1, -0.05) is 140 Å². The van der Waals surface area contributed by atoms with Crippen LogP contribution < -0.4 is 0 Å². The Labute approximate surface area is 327 Å². The van der Waals surface area contributed by atoms with Gasteiger partial charge in [0.05, 0.1) is 19.1 Å². The average Bonchev–Trinajstić information content (AvgIpc) is 3.09. The maximum atomic E-state index is 13.1. The van der Waals surface area contributed by atoms with Gasteiger partial charge in [-0.2, -0.15) is 8.42 Å². The molecule has 0 N–H and O–H groups in total. The predicted molar refractivity (Wildman–Crippen MR) is 225 cm³/mol. The zero-order valence-corrected chi connectivity index (χ0v) is 36.0. The minimum absolute atomic E-state index is 0.0534. The highest BCUT2D eigenvalue weighted by molar-refractivity contribution is 7.88. The van der Waals surface area contributed by atoms with E-state index in [4.69, 9.17) is 8.92 Å². The van der Waals surface area contributed by atoms with Crippen molar-refractivity contribution in [2.75, 3.05) is 25.7 Å². The van der Waals surface area contributed by atoms with E-state index in [2.05, 4.69) is 62.5 Å². The second-order valence-corrected chi connectivity index (χ2v) is 18.0. The second kappa shape index (κ2) is 35.8. The lowest BCUT2D eigenvalue weighted by molar-refractivity contribution is 0.0683. The van der Waals surface area contributed by atoms with E-state index < -0.39 is 26.2 Å². The summed E-state index contributed by atoms with van der Waals surface area (Å²) in [5.41, 5.74) is 0. The fourth-order valence-corrected chi connectivity index (χ4v) is 7.19. The summed E-state index contributed by atoms with van der Waals surface area (Å²) in [7, 11) is -7.54. The quantitative estimate of drug-likeness (QED) is 0.0350. The van der Waals surface area contributed by atoms with E-state index in [1.54, 1.807) is 0 Å². The molecular formula is C43H79NO7S2. The summed E-state index contributed by atoms with van der Waals surface area (Å²) in [6.45, 7) is 4.06.